The third kappa shape index (κ3) is 5.57. The molecule has 0 spiro atoms. The fourth-order valence-corrected chi connectivity index (χ4v) is 4.16. The minimum Gasteiger partial charge on any atom is -0.352 e. The van der Waals surface area contributed by atoms with Gasteiger partial charge in [0, 0.05) is 37.3 Å². The summed E-state index contributed by atoms with van der Waals surface area (Å²) in [7, 11) is 0. The quantitative estimate of drug-likeness (QED) is 0.586. The van der Waals surface area contributed by atoms with Crippen LogP contribution in [0.3, 0.4) is 0 Å². The van der Waals surface area contributed by atoms with E-state index in [2.05, 4.69) is 52.0 Å². The zero-order valence-corrected chi connectivity index (χ0v) is 17.5. The number of carbonyl (C=O) groups is 2. The molecule has 1 saturated heterocycles. The summed E-state index contributed by atoms with van der Waals surface area (Å²) in [6.45, 7) is 0.488. The average molecular weight is 414 g/mol. The summed E-state index contributed by atoms with van der Waals surface area (Å²) in [5, 5.41) is 6.13. The van der Waals surface area contributed by atoms with Gasteiger partial charge in [0.15, 0.2) is 0 Å². The second-order valence-electron chi connectivity index (χ2n) is 8.20. The molecule has 2 heterocycles. The van der Waals surface area contributed by atoms with Crippen LogP contribution in [0.2, 0.25) is 0 Å². The van der Waals surface area contributed by atoms with Gasteiger partial charge < -0.3 is 10.6 Å². The summed E-state index contributed by atoms with van der Waals surface area (Å²) in [6.07, 6.45) is 6.44. The van der Waals surface area contributed by atoms with E-state index >= 15 is 0 Å². The Kier molecular flexibility index (Phi) is 6.41. The van der Waals surface area contributed by atoms with E-state index in [1.165, 1.54) is 16.7 Å². The van der Waals surface area contributed by atoms with Gasteiger partial charge in [0.05, 0.1) is 0 Å². The number of hydrogen-bond acceptors (Lipinski definition) is 3. The maximum absolute atomic E-state index is 12.4. The maximum Gasteiger partial charge on any atom is 0.220 e. The number of rotatable bonds is 8. The molecule has 4 rings (SSSR count). The normalized spacial score (nSPS) is 17.9. The molecule has 0 bridgehead atoms. The largest absolute Gasteiger partial charge is 0.352 e. The molecule has 1 aliphatic rings. The smallest absolute Gasteiger partial charge is 0.220 e. The number of nitrogens with one attached hydrogen (secondary N) is 2. The lowest BCUT2D eigenvalue weighted by Gasteiger charge is -2.29. The van der Waals surface area contributed by atoms with Gasteiger partial charge in [0.1, 0.15) is 0 Å². The number of pyridine rings is 1. The number of carbonyl (C=O) groups excluding carboxylic acids is 2. The first-order valence-corrected chi connectivity index (χ1v) is 10.7. The summed E-state index contributed by atoms with van der Waals surface area (Å²) >= 11 is 0. The van der Waals surface area contributed by atoms with E-state index in [4.69, 9.17) is 0 Å². The van der Waals surface area contributed by atoms with Crippen molar-refractivity contribution in [2.24, 2.45) is 0 Å². The molecule has 0 unspecified atom stereocenters. The lowest BCUT2D eigenvalue weighted by atomic mass is 9.84. The number of hydrogen-bond donors (Lipinski definition) is 2. The van der Waals surface area contributed by atoms with Gasteiger partial charge in [0.25, 0.3) is 0 Å². The number of amides is 2. The zero-order chi connectivity index (χ0) is 21.5. The van der Waals surface area contributed by atoms with Gasteiger partial charge in [0.2, 0.25) is 11.8 Å². The molecule has 158 valence electrons. The predicted octanol–water partition coefficient (Wildman–Crippen LogP) is 4.04. The molecule has 0 radical (unpaired) electrons. The van der Waals surface area contributed by atoms with Crippen molar-refractivity contribution in [1.29, 1.82) is 0 Å². The highest BCUT2D eigenvalue weighted by atomic mass is 16.2. The monoisotopic (exact) mass is 413 g/mol. The molecule has 0 saturated carbocycles. The first kappa shape index (κ1) is 20.8. The lowest BCUT2D eigenvalue weighted by molar-refractivity contribution is -0.122. The van der Waals surface area contributed by atoms with Crippen LogP contribution in [0, 0.1) is 0 Å². The number of nitrogens with zero attached hydrogens (tertiary/aromatic N) is 1. The van der Waals surface area contributed by atoms with Crippen molar-refractivity contribution < 1.29 is 9.59 Å². The van der Waals surface area contributed by atoms with E-state index in [-0.39, 0.29) is 17.4 Å². The van der Waals surface area contributed by atoms with Crippen LogP contribution in [0.25, 0.3) is 11.1 Å². The van der Waals surface area contributed by atoms with Gasteiger partial charge in [-0.3, -0.25) is 14.6 Å². The lowest BCUT2D eigenvalue weighted by Crippen LogP contribution is -2.44. The summed E-state index contributed by atoms with van der Waals surface area (Å²) in [6, 6.07) is 22.5. The number of benzene rings is 2. The fraction of sp³-hybridized carbons (Fsp3) is 0.269. The van der Waals surface area contributed by atoms with Gasteiger partial charge in [-0.1, -0.05) is 54.6 Å². The first-order chi connectivity index (χ1) is 15.1. The van der Waals surface area contributed by atoms with Crippen LogP contribution < -0.4 is 10.6 Å². The Hall–Kier alpha value is -3.47. The number of aromatic nitrogens is 1. The molecule has 1 aliphatic heterocycles. The topological polar surface area (TPSA) is 71.1 Å². The molecule has 2 amide bonds. The third-order valence-corrected chi connectivity index (χ3v) is 5.91. The van der Waals surface area contributed by atoms with Crippen molar-refractivity contribution in [3.05, 3.63) is 90.3 Å². The Bertz CT molecular complexity index is 1020. The van der Waals surface area contributed by atoms with Gasteiger partial charge in [-0.25, -0.2) is 0 Å². The highest BCUT2D eigenvalue weighted by molar-refractivity contribution is 5.80. The first-order valence-electron chi connectivity index (χ1n) is 10.7. The maximum atomic E-state index is 12.4. The van der Waals surface area contributed by atoms with Crippen molar-refractivity contribution in [2.45, 2.75) is 44.2 Å². The Balaban J connectivity index is 1.37. The second kappa shape index (κ2) is 9.56. The third-order valence-electron chi connectivity index (χ3n) is 5.91. The van der Waals surface area contributed by atoms with Gasteiger partial charge in [-0.05, 0) is 53.6 Å². The van der Waals surface area contributed by atoms with E-state index in [9.17, 15) is 9.59 Å². The minimum absolute atomic E-state index is 0.00300. The molecule has 1 atom stereocenters. The molecule has 1 fully saturated rings. The molecule has 5 heteroatoms. The van der Waals surface area contributed by atoms with Crippen LogP contribution in [0.5, 0.6) is 0 Å². The van der Waals surface area contributed by atoms with Crippen LogP contribution in [0.15, 0.2) is 79.1 Å². The highest BCUT2D eigenvalue weighted by Gasteiger charge is 2.37. The molecule has 1 aromatic heterocycles. The summed E-state index contributed by atoms with van der Waals surface area (Å²) in [4.78, 5) is 28.4. The highest BCUT2D eigenvalue weighted by Crippen LogP contribution is 2.30. The van der Waals surface area contributed by atoms with Crippen molar-refractivity contribution in [1.82, 2.24) is 15.6 Å². The summed E-state index contributed by atoms with van der Waals surface area (Å²) in [5.74, 6) is 0.0647. The van der Waals surface area contributed by atoms with E-state index in [0.29, 0.717) is 25.8 Å². The van der Waals surface area contributed by atoms with Crippen molar-refractivity contribution in [2.75, 3.05) is 0 Å². The molecule has 3 aromatic rings. The molecular formula is C26H27N3O2. The van der Waals surface area contributed by atoms with E-state index in [1.54, 1.807) is 12.4 Å². The molecule has 5 nitrogen and oxygen atoms in total. The Labute approximate surface area is 182 Å². The van der Waals surface area contributed by atoms with Crippen LogP contribution in [0.4, 0.5) is 0 Å². The Morgan fingerprint density at radius 2 is 1.65 bits per heavy atom. The molecule has 2 aromatic carbocycles. The van der Waals surface area contributed by atoms with Gasteiger partial charge in [-0.15, -0.1) is 0 Å². The Morgan fingerprint density at radius 1 is 0.935 bits per heavy atom. The Morgan fingerprint density at radius 3 is 2.32 bits per heavy atom. The van der Waals surface area contributed by atoms with Crippen molar-refractivity contribution in [3.8, 4) is 11.1 Å². The fourth-order valence-electron chi connectivity index (χ4n) is 4.16. The summed E-state index contributed by atoms with van der Waals surface area (Å²) < 4.78 is 0. The SMILES string of the molecule is O=C(CC[C@]1(Cc2ccc(-c3ccccc3)cc2)CCC(=O)N1)NCc1ccncc1. The van der Waals surface area contributed by atoms with E-state index in [0.717, 1.165) is 18.4 Å². The van der Waals surface area contributed by atoms with Crippen LogP contribution in [-0.4, -0.2) is 22.3 Å². The van der Waals surface area contributed by atoms with Crippen LogP contribution in [0.1, 0.15) is 36.8 Å². The minimum atomic E-state index is -0.362. The van der Waals surface area contributed by atoms with Crippen LogP contribution in [-0.2, 0) is 22.6 Å². The zero-order valence-electron chi connectivity index (χ0n) is 17.5. The van der Waals surface area contributed by atoms with Crippen molar-refractivity contribution >= 4 is 11.8 Å². The summed E-state index contributed by atoms with van der Waals surface area (Å²) in [5.41, 5.74) is 4.18. The van der Waals surface area contributed by atoms with E-state index in [1.807, 2.05) is 30.3 Å². The van der Waals surface area contributed by atoms with E-state index < -0.39 is 0 Å². The van der Waals surface area contributed by atoms with Crippen molar-refractivity contribution in [3.63, 3.8) is 0 Å². The standard InChI is InChI=1S/C26H27N3O2/c30-24(28-19-21-12-16-27-17-13-21)10-14-26(15-11-25(31)29-26)18-20-6-8-23(9-7-20)22-4-2-1-3-5-22/h1-9,12-13,16-17H,10-11,14-15,18-19H2,(H,28,30)(H,29,31)/t26-/m1/s1. The second-order valence-corrected chi connectivity index (χ2v) is 8.20. The average Bonchev–Trinajstić information content (AvgIpc) is 3.18. The van der Waals surface area contributed by atoms with Gasteiger partial charge >= 0.3 is 0 Å². The molecule has 2 N–H and O–H groups in total. The van der Waals surface area contributed by atoms with Crippen LogP contribution >= 0.6 is 0 Å². The molecular weight excluding hydrogens is 386 g/mol. The van der Waals surface area contributed by atoms with Gasteiger partial charge in [-0.2, -0.15) is 0 Å². The molecule has 31 heavy (non-hydrogen) atoms. The predicted molar refractivity (Wildman–Crippen MR) is 121 cm³/mol. The molecule has 0 aliphatic carbocycles.